The first-order valence-electron chi connectivity index (χ1n) is 7.22. The van der Waals surface area contributed by atoms with Gasteiger partial charge in [-0.25, -0.2) is 4.98 Å². The van der Waals surface area contributed by atoms with Gasteiger partial charge in [0.25, 0.3) is 0 Å². The van der Waals surface area contributed by atoms with E-state index in [4.69, 9.17) is 34.7 Å². The second kappa shape index (κ2) is 6.30. The van der Waals surface area contributed by atoms with Crippen molar-refractivity contribution in [1.82, 2.24) is 14.9 Å². The van der Waals surface area contributed by atoms with Gasteiger partial charge in [-0.2, -0.15) is 4.98 Å². The molecule has 0 spiro atoms. The zero-order valence-electron chi connectivity index (χ0n) is 12.8. The number of nitrogens with two attached hydrogens (primary N) is 2. The van der Waals surface area contributed by atoms with E-state index in [0.717, 1.165) is 11.1 Å². The van der Waals surface area contributed by atoms with E-state index in [9.17, 15) is 4.79 Å². The number of nitrogen functional groups attached to an aromatic ring is 2. The standard InChI is InChI=1S/C16H15Cl2N5O/c1-8-14-10(15(19)22-16(20)21-14)7-23(8)13(24)5-3-9-2-4-11(17)12(18)6-9/h2-6,8H,7H2,1H3,(H4,19,20,21,22)/b5-3+. The Morgan fingerprint density at radius 2 is 2.04 bits per heavy atom. The van der Waals surface area contributed by atoms with Crippen LogP contribution in [0.5, 0.6) is 0 Å². The fourth-order valence-electron chi connectivity index (χ4n) is 2.65. The molecule has 1 aliphatic heterocycles. The third kappa shape index (κ3) is 3.02. The molecule has 1 amide bonds. The highest BCUT2D eigenvalue weighted by Crippen LogP contribution is 2.35. The molecule has 0 saturated heterocycles. The Balaban J connectivity index is 1.80. The van der Waals surface area contributed by atoms with Gasteiger partial charge in [0, 0.05) is 11.6 Å². The number of anilines is 2. The van der Waals surface area contributed by atoms with E-state index in [0.29, 0.717) is 28.1 Å². The number of halogens is 2. The lowest BCUT2D eigenvalue weighted by Crippen LogP contribution is -2.26. The Morgan fingerprint density at radius 3 is 2.75 bits per heavy atom. The number of aromatic nitrogens is 2. The van der Waals surface area contributed by atoms with Crippen LogP contribution in [0.25, 0.3) is 6.08 Å². The van der Waals surface area contributed by atoms with Crippen LogP contribution in [0.1, 0.15) is 29.8 Å². The molecule has 1 aromatic heterocycles. The summed E-state index contributed by atoms with van der Waals surface area (Å²) < 4.78 is 0. The molecule has 2 aromatic rings. The van der Waals surface area contributed by atoms with Gasteiger partial charge in [0.15, 0.2) is 0 Å². The minimum absolute atomic E-state index is 0.110. The highest BCUT2D eigenvalue weighted by molar-refractivity contribution is 6.42. The quantitative estimate of drug-likeness (QED) is 0.798. The summed E-state index contributed by atoms with van der Waals surface area (Å²) in [6.07, 6.45) is 3.17. The van der Waals surface area contributed by atoms with Crippen molar-refractivity contribution in [1.29, 1.82) is 0 Å². The van der Waals surface area contributed by atoms with E-state index in [2.05, 4.69) is 9.97 Å². The first-order chi connectivity index (χ1) is 11.4. The fraction of sp³-hybridized carbons (Fsp3) is 0.188. The van der Waals surface area contributed by atoms with E-state index >= 15 is 0 Å². The van der Waals surface area contributed by atoms with E-state index in [1.54, 1.807) is 29.2 Å². The van der Waals surface area contributed by atoms with Crippen LogP contribution in [0.2, 0.25) is 10.0 Å². The number of rotatable bonds is 2. The maximum atomic E-state index is 12.5. The second-order valence-corrected chi connectivity index (χ2v) is 6.29. The average molecular weight is 364 g/mol. The zero-order chi connectivity index (χ0) is 17.4. The minimum Gasteiger partial charge on any atom is -0.383 e. The van der Waals surface area contributed by atoms with Crippen molar-refractivity contribution in [2.24, 2.45) is 0 Å². The molecule has 0 bridgehead atoms. The number of carbonyl (C=O) groups is 1. The molecule has 1 atom stereocenters. The van der Waals surface area contributed by atoms with Crippen molar-refractivity contribution < 1.29 is 4.79 Å². The lowest BCUT2D eigenvalue weighted by molar-refractivity contribution is -0.127. The number of nitrogens with zero attached hydrogens (tertiary/aromatic N) is 3. The SMILES string of the molecule is CC1c2nc(N)nc(N)c2CN1C(=O)/C=C/c1ccc(Cl)c(Cl)c1. The Bertz CT molecular complexity index is 853. The molecule has 1 unspecified atom stereocenters. The molecule has 0 fully saturated rings. The molecule has 24 heavy (non-hydrogen) atoms. The van der Waals surface area contributed by atoms with Gasteiger partial charge in [-0.05, 0) is 30.7 Å². The number of hydrogen-bond donors (Lipinski definition) is 2. The van der Waals surface area contributed by atoms with E-state index in [1.807, 2.05) is 6.92 Å². The maximum Gasteiger partial charge on any atom is 0.247 e. The summed E-state index contributed by atoms with van der Waals surface area (Å²) in [6, 6.07) is 4.93. The first kappa shape index (κ1) is 16.5. The summed E-state index contributed by atoms with van der Waals surface area (Å²) in [6.45, 7) is 2.23. The zero-order valence-corrected chi connectivity index (χ0v) is 14.3. The van der Waals surface area contributed by atoms with Crippen LogP contribution in [0, 0.1) is 0 Å². The predicted octanol–water partition coefficient (Wildman–Crippen LogP) is 3.06. The van der Waals surface area contributed by atoms with Crippen LogP contribution in [0.4, 0.5) is 11.8 Å². The topological polar surface area (TPSA) is 98.1 Å². The Labute approximate surface area is 149 Å². The minimum atomic E-state index is -0.224. The van der Waals surface area contributed by atoms with Gasteiger partial charge in [-0.15, -0.1) is 0 Å². The van der Waals surface area contributed by atoms with Gasteiger partial charge < -0.3 is 16.4 Å². The normalized spacial score (nSPS) is 16.6. The van der Waals surface area contributed by atoms with Crippen LogP contribution in [-0.4, -0.2) is 20.8 Å². The number of amides is 1. The summed E-state index contributed by atoms with van der Waals surface area (Å²) in [5.41, 5.74) is 13.7. The third-order valence-corrected chi connectivity index (χ3v) is 4.66. The van der Waals surface area contributed by atoms with E-state index < -0.39 is 0 Å². The molecule has 124 valence electrons. The molecule has 1 aromatic carbocycles. The third-order valence-electron chi connectivity index (χ3n) is 3.93. The van der Waals surface area contributed by atoms with Crippen molar-refractivity contribution in [2.45, 2.75) is 19.5 Å². The Hall–Kier alpha value is -2.31. The predicted molar refractivity (Wildman–Crippen MR) is 95.3 cm³/mol. The summed E-state index contributed by atoms with van der Waals surface area (Å²) >= 11 is 11.8. The fourth-order valence-corrected chi connectivity index (χ4v) is 2.96. The van der Waals surface area contributed by atoms with Crippen LogP contribution in [-0.2, 0) is 11.3 Å². The molecule has 2 heterocycles. The number of benzene rings is 1. The van der Waals surface area contributed by atoms with Crippen molar-refractivity contribution in [3.8, 4) is 0 Å². The highest BCUT2D eigenvalue weighted by atomic mass is 35.5. The monoisotopic (exact) mass is 363 g/mol. The molecule has 8 heteroatoms. The average Bonchev–Trinajstić information content (AvgIpc) is 2.86. The molecule has 0 saturated carbocycles. The summed E-state index contributed by atoms with van der Waals surface area (Å²) in [5.74, 6) is 0.261. The smallest absolute Gasteiger partial charge is 0.247 e. The first-order valence-corrected chi connectivity index (χ1v) is 7.98. The molecule has 0 radical (unpaired) electrons. The van der Waals surface area contributed by atoms with E-state index in [-0.39, 0.29) is 17.9 Å². The van der Waals surface area contributed by atoms with Crippen LogP contribution >= 0.6 is 23.2 Å². The molecule has 4 N–H and O–H groups in total. The van der Waals surface area contributed by atoms with Crippen LogP contribution in [0.15, 0.2) is 24.3 Å². The molecular formula is C16H15Cl2N5O. The molecule has 3 rings (SSSR count). The lowest BCUT2D eigenvalue weighted by atomic mass is 10.2. The van der Waals surface area contributed by atoms with Crippen molar-refractivity contribution in [2.75, 3.05) is 11.5 Å². The van der Waals surface area contributed by atoms with Gasteiger partial charge in [-0.1, -0.05) is 29.3 Å². The number of fused-ring (bicyclic) bond motifs is 1. The van der Waals surface area contributed by atoms with Gasteiger partial charge in [-0.3, -0.25) is 4.79 Å². The summed E-state index contributed by atoms with van der Waals surface area (Å²) in [7, 11) is 0. The number of hydrogen-bond acceptors (Lipinski definition) is 5. The van der Waals surface area contributed by atoms with Gasteiger partial charge in [0.05, 0.1) is 28.3 Å². The van der Waals surface area contributed by atoms with Crippen molar-refractivity contribution in [3.05, 3.63) is 51.1 Å². The Kier molecular flexibility index (Phi) is 4.34. The van der Waals surface area contributed by atoms with Gasteiger partial charge in [0.2, 0.25) is 11.9 Å². The van der Waals surface area contributed by atoms with Crippen LogP contribution < -0.4 is 11.5 Å². The maximum absolute atomic E-state index is 12.5. The Morgan fingerprint density at radius 1 is 1.29 bits per heavy atom. The van der Waals surface area contributed by atoms with Crippen molar-refractivity contribution in [3.63, 3.8) is 0 Å². The molecule has 0 aliphatic carbocycles. The van der Waals surface area contributed by atoms with Gasteiger partial charge >= 0.3 is 0 Å². The molecule has 6 nitrogen and oxygen atoms in total. The second-order valence-electron chi connectivity index (χ2n) is 5.48. The summed E-state index contributed by atoms with van der Waals surface area (Å²) in [5, 5.41) is 0.905. The lowest BCUT2D eigenvalue weighted by Gasteiger charge is -2.19. The van der Waals surface area contributed by atoms with Gasteiger partial charge in [0.1, 0.15) is 5.82 Å². The van der Waals surface area contributed by atoms with E-state index in [1.165, 1.54) is 6.08 Å². The molecular weight excluding hydrogens is 349 g/mol. The molecule has 1 aliphatic rings. The number of carbonyl (C=O) groups excluding carboxylic acids is 1. The highest BCUT2D eigenvalue weighted by Gasteiger charge is 2.33. The summed E-state index contributed by atoms with van der Waals surface area (Å²) in [4.78, 5) is 22.3. The van der Waals surface area contributed by atoms with Crippen molar-refractivity contribution >= 4 is 47.0 Å². The van der Waals surface area contributed by atoms with Crippen LogP contribution in [0.3, 0.4) is 0 Å². The largest absolute Gasteiger partial charge is 0.383 e.